The monoisotopic (exact) mass is 353 g/mol. The van der Waals surface area contributed by atoms with Crippen LogP contribution in [0.3, 0.4) is 0 Å². The molecular weight excluding hydrogens is 338 g/mol. The van der Waals surface area contributed by atoms with E-state index in [9.17, 15) is 13.7 Å². The fourth-order valence-electron chi connectivity index (χ4n) is 2.28. The van der Waals surface area contributed by atoms with Gasteiger partial charge in [0.2, 0.25) is 17.5 Å². The summed E-state index contributed by atoms with van der Waals surface area (Å²) < 4.78 is 32.1. The van der Waals surface area contributed by atoms with E-state index in [-0.39, 0.29) is 22.4 Å². The number of rotatable bonds is 4. The first-order chi connectivity index (χ1) is 11.9. The van der Waals surface area contributed by atoms with Crippen LogP contribution in [0.15, 0.2) is 63.9 Å². The zero-order valence-electron chi connectivity index (χ0n) is 13.7. The topological polar surface area (TPSA) is 87.2 Å². The van der Waals surface area contributed by atoms with Crippen LogP contribution in [0.2, 0.25) is 0 Å². The second-order valence-corrected chi connectivity index (χ2v) is 7.41. The van der Waals surface area contributed by atoms with Gasteiger partial charge in [0.15, 0.2) is 0 Å². The zero-order valence-corrected chi connectivity index (χ0v) is 14.5. The summed E-state index contributed by atoms with van der Waals surface area (Å²) in [5, 5.41) is 9.31. The van der Waals surface area contributed by atoms with Crippen LogP contribution >= 0.6 is 0 Å². The molecule has 3 aromatic rings. The number of anilines is 1. The fraction of sp³-hybridized carbons (Fsp3) is 0.111. The molecular formula is C18H15N3O3S. The zero-order chi connectivity index (χ0) is 18.0. The smallest absolute Gasteiger partial charge is 0.266 e. The van der Waals surface area contributed by atoms with E-state index in [4.69, 9.17) is 4.42 Å². The van der Waals surface area contributed by atoms with E-state index in [1.54, 1.807) is 36.4 Å². The van der Waals surface area contributed by atoms with Crippen LogP contribution in [0.5, 0.6) is 0 Å². The van der Waals surface area contributed by atoms with Crippen LogP contribution in [0, 0.1) is 18.3 Å². The maximum absolute atomic E-state index is 12.8. The summed E-state index contributed by atoms with van der Waals surface area (Å²) in [4.78, 5) is 4.22. The van der Waals surface area contributed by atoms with Gasteiger partial charge in [-0.1, -0.05) is 35.9 Å². The maximum atomic E-state index is 12.8. The van der Waals surface area contributed by atoms with Crippen molar-refractivity contribution in [2.45, 2.75) is 11.8 Å². The number of sulfonamides is 1. The summed E-state index contributed by atoms with van der Waals surface area (Å²) >= 11 is 0. The third kappa shape index (κ3) is 3.12. The normalized spacial score (nSPS) is 11.1. The quantitative estimate of drug-likeness (QED) is 0.718. The summed E-state index contributed by atoms with van der Waals surface area (Å²) in [5.41, 5.74) is 1.52. The third-order valence-corrected chi connectivity index (χ3v) is 5.46. The lowest BCUT2D eigenvalue weighted by atomic mass is 10.2. The number of hydrogen-bond acceptors (Lipinski definition) is 5. The van der Waals surface area contributed by atoms with E-state index < -0.39 is 10.0 Å². The Balaban J connectivity index is 2.05. The molecule has 0 saturated carbocycles. The molecule has 1 aromatic heterocycles. The van der Waals surface area contributed by atoms with Gasteiger partial charge in [-0.15, -0.1) is 0 Å². The van der Waals surface area contributed by atoms with Crippen molar-refractivity contribution in [1.29, 1.82) is 5.26 Å². The van der Waals surface area contributed by atoms with Crippen LogP contribution < -0.4 is 4.31 Å². The molecule has 0 unspecified atom stereocenters. The third-order valence-electron chi connectivity index (χ3n) is 3.70. The predicted octanol–water partition coefficient (Wildman–Crippen LogP) is 3.35. The highest BCUT2D eigenvalue weighted by molar-refractivity contribution is 7.92. The second kappa shape index (κ2) is 6.42. The van der Waals surface area contributed by atoms with Gasteiger partial charge in [0, 0.05) is 12.6 Å². The average molecular weight is 353 g/mol. The van der Waals surface area contributed by atoms with Crippen LogP contribution in [0.4, 0.5) is 5.88 Å². The number of oxazole rings is 1. The Kier molecular flexibility index (Phi) is 4.30. The van der Waals surface area contributed by atoms with Gasteiger partial charge < -0.3 is 4.42 Å². The Labute approximate surface area is 146 Å². The molecule has 7 heteroatoms. The summed E-state index contributed by atoms with van der Waals surface area (Å²) in [7, 11) is -2.52. The minimum absolute atomic E-state index is 0.0861. The molecule has 0 aliphatic rings. The van der Waals surface area contributed by atoms with Gasteiger partial charge in [-0.2, -0.15) is 10.2 Å². The van der Waals surface area contributed by atoms with Crippen LogP contribution in [-0.4, -0.2) is 20.4 Å². The van der Waals surface area contributed by atoms with E-state index in [1.165, 1.54) is 19.2 Å². The Morgan fingerprint density at radius 1 is 1.08 bits per heavy atom. The van der Waals surface area contributed by atoms with Crippen LogP contribution in [0.25, 0.3) is 11.5 Å². The van der Waals surface area contributed by atoms with Crippen molar-refractivity contribution in [2.24, 2.45) is 0 Å². The first-order valence-corrected chi connectivity index (χ1v) is 8.89. The highest BCUT2D eigenvalue weighted by Crippen LogP contribution is 2.30. The largest absolute Gasteiger partial charge is 0.418 e. The Morgan fingerprint density at radius 2 is 1.72 bits per heavy atom. The van der Waals surface area contributed by atoms with Gasteiger partial charge in [0.1, 0.15) is 6.07 Å². The number of nitriles is 1. The maximum Gasteiger partial charge on any atom is 0.266 e. The van der Waals surface area contributed by atoms with Crippen molar-refractivity contribution in [3.63, 3.8) is 0 Å². The highest BCUT2D eigenvalue weighted by atomic mass is 32.2. The lowest BCUT2D eigenvalue weighted by Crippen LogP contribution is -2.26. The van der Waals surface area contributed by atoms with Gasteiger partial charge in [0.25, 0.3) is 10.0 Å². The Hall–Kier alpha value is -3.11. The second-order valence-electron chi connectivity index (χ2n) is 5.44. The molecule has 0 fully saturated rings. The minimum atomic E-state index is -3.86. The first-order valence-electron chi connectivity index (χ1n) is 7.45. The first kappa shape index (κ1) is 16.7. The molecule has 6 nitrogen and oxygen atoms in total. The molecule has 2 aromatic carbocycles. The Morgan fingerprint density at radius 3 is 2.32 bits per heavy atom. The standard InChI is InChI=1S/C18H15N3O3S/c1-13-8-10-15(11-9-13)25(22,23)21(2)18-16(12-19)20-17(24-18)14-6-4-3-5-7-14/h3-11H,1-2H3. The number of aromatic nitrogens is 1. The average Bonchev–Trinajstić information content (AvgIpc) is 3.06. The summed E-state index contributed by atoms with van der Waals surface area (Å²) in [6.45, 7) is 1.87. The molecule has 0 N–H and O–H groups in total. The summed E-state index contributed by atoms with van der Waals surface area (Å²) in [5.74, 6) is 0.0834. The van der Waals surface area contributed by atoms with Gasteiger partial charge in [0.05, 0.1) is 4.90 Å². The number of nitrogens with zero attached hydrogens (tertiary/aromatic N) is 3. The fourth-order valence-corrected chi connectivity index (χ4v) is 3.42. The molecule has 0 amide bonds. The van der Waals surface area contributed by atoms with E-state index in [2.05, 4.69) is 4.98 Å². The van der Waals surface area contributed by atoms with Crippen LogP contribution in [0.1, 0.15) is 11.3 Å². The van der Waals surface area contributed by atoms with Crippen molar-refractivity contribution in [2.75, 3.05) is 11.4 Å². The van der Waals surface area contributed by atoms with E-state index in [0.29, 0.717) is 5.56 Å². The molecule has 0 atom stereocenters. The molecule has 126 valence electrons. The molecule has 0 aliphatic carbocycles. The number of benzene rings is 2. The lowest BCUT2D eigenvalue weighted by molar-refractivity contribution is 0.563. The van der Waals surface area contributed by atoms with Crippen LogP contribution in [-0.2, 0) is 10.0 Å². The lowest BCUT2D eigenvalue weighted by Gasteiger charge is -2.16. The molecule has 0 spiro atoms. The van der Waals surface area contributed by atoms with Gasteiger partial charge in [-0.25, -0.2) is 12.7 Å². The molecule has 0 saturated heterocycles. The van der Waals surface area contributed by atoms with Crippen molar-refractivity contribution < 1.29 is 12.8 Å². The molecule has 25 heavy (non-hydrogen) atoms. The minimum Gasteiger partial charge on any atom is -0.418 e. The van der Waals surface area contributed by atoms with E-state index in [1.807, 2.05) is 19.1 Å². The van der Waals surface area contributed by atoms with Crippen molar-refractivity contribution in [3.05, 3.63) is 65.9 Å². The summed E-state index contributed by atoms with van der Waals surface area (Å²) in [6, 6.07) is 17.3. The molecule has 1 heterocycles. The predicted molar refractivity (Wildman–Crippen MR) is 93.4 cm³/mol. The Bertz CT molecular complexity index is 1030. The SMILES string of the molecule is Cc1ccc(S(=O)(=O)N(C)c2oc(-c3ccccc3)nc2C#N)cc1. The van der Waals surface area contributed by atoms with Gasteiger partial charge in [-0.05, 0) is 31.2 Å². The van der Waals surface area contributed by atoms with E-state index in [0.717, 1.165) is 9.87 Å². The van der Waals surface area contributed by atoms with Crippen molar-refractivity contribution in [3.8, 4) is 17.5 Å². The molecule has 0 bridgehead atoms. The van der Waals surface area contributed by atoms with E-state index >= 15 is 0 Å². The highest BCUT2D eigenvalue weighted by Gasteiger charge is 2.28. The molecule has 3 rings (SSSR count). The summed E-state index contributed by atoms with van der Waals surface area (Å²) in [6.07, 6.45) is 0. The van der Waals surface area contributed by atoms with Gasteiger partial charge in [-0.3, -0.25) is 0 Å². The molecule has 0 radical (unpaired) electrons. The van der Waals surface area contributed by atoms with Crippen molar-refractivity contribution >= 4 is 15.9 Å². The number of hydrogen-bond donors (Lipinski definition) is 0. The number of aryl methyl sites for hydroxylation is 1. The van der Waals surface area contributed by atoms with Crippen molar-refractivity contribution in [1.82, 2.24) is 4.98 Å². The molecule has 0 aliphatic heterocycles. The van der Waals surface area contributed by atoms with Gasteiger partial charge >= 0.3 is 0 Å².